The average molecular weight is 204 g/mol. The monoisotopic (exact) mass is 204 g/mol. The number of benzene rings is 1. The van der Waals surface area contributed by atoms with Gasteiger partial charge in [0, 0.05) is 0 Å². The van der Waals surface area contributed by atoms with Gasteiger partial charge in [0.15, 0.2) is 0 Å². The molecule has 1 saturated carbocycles. The molecule has 0 spiro atoms. The van der Waals surface area contributed by atoms with Gasteiger partial charge in [-0.1, -0.05) is 37.3 Å². The van der Waals surface area contributed by atoms with Gasteiger partial charge >= 0.3 is 5.97 Å². The van der Waals surface area contributed by atoms with Crippen LogP contribution in [0.3, 0.4) is 0 Å². The van der Waals surface area contributed by atoms with Crippen molar-refractivity contribution in [1.29, 1.82) is 0 Å². The summed E-state index contributed by atoms with van der Waals surface area (Å²) in [6.07, 6.45) is 1.85. The molecule has 2 rings (SSSR count). The minimum Gasteiger partial charge on any atom is -0.465 e. The maximum Gasteiger partial charge on any atom is 0.309 e. The minimum absolute atomic E-state index is 0.0225. The number of esters is 1. The Morgan fingerprint density at radius 1 is 1.40 bits per heavy atom. The highest BCUT2D eigenvalue weighted by molar-refractivity contribution is 5.77. The Hall–Kier alpha value is -1.31. The molecule has 0 unspecified atom stereocenters. The lowest BCUT2D eigenvalue weighted by Gasteiger charge is -2.02. The van der Waals surface area contributed by atoms with E-state index in [-0.39, 0.29) is 11.9 Å². The molecule has 1 aliphatic carbocycles. The predicted octanol–water partition coefficient (Wildman–Crippen LogP) is 2.74. The van der Waals surface area contributed by atoms with Crippen molar-refractivity contribution in [3.8, 4) is 0 Å². The Bertz CT molecular complexity index is 332. The lowest BCUT2D eigenvalue weighted by molar-refractivity contribution is -0.145. The molecule has 2 nitrogen and oxygen atoms in total. The number of hydrogen-bond acceptors (Lipinski definition) is 2. The van der Waals surface area contributed by atoms with E-state index < -0.39 is 0 Å². The largest absolute Gasteiger partial charge is 0.465 e. The van der Waals surface area contributed by atoms with Crippen LogP contribution in [0, 0.1) is 5.92 Å². The topological polar surface area (TPSA) is 26.3 Å². The lowest BCUT2D eigenvalue weighted by Crippen LogP contribution is -2.08. The molecule has 0 amide bonds. The number of carbonyl (C=O) groups is 1. The molecule has 1 aliphatic rings. The van der Waals surface area contributed by atoms with Crippen LogP contribution in [0.2, 0.25) is 0 Å². The highest BCUT2D eigenvalue weighted by Crippen LogP contribution is 2.47. The summed E-state index contributed by atoms with van der Waals surface area (Å²) in [7, 11) is 0. The Morgan fingerprint density at radius 2 is 2.13 bits per heavy atom. The van der Waals surface area contributed by atoms with E-state index in [2.05, 4.69) is 12.1 Å². The van der Waals surface area contributed by atoms with Crippen LogP contribution in [0.1, 0.15) is 31.2 Å². The van der Waals surface area contributed by atoms with E-state index >= 15 is 0 Å². The Balaban J connectivity index is 1.88. The maximum atomic E-state index is 11.5. The summed E-state index contributed by atoms with van der Waals surface area (Å²) in [4.78, 5) is 11.5. The standard InChI is InChI=1S/C13H16O2/c1-2-8-15-13(14)12-9-11(12)10-6-4-3-5-7-10/h3-7,11-12H,2,8-9H2,1H3/t11-,12-/m1/s1. The molecule has 2 atom stereocenters. The van der Waals surface area contributed by atoms with E-state index in [0.717, 1.165) is 12.8 Å². The van der Waals surface area contributed by atoms with Crippen LogP contribution in [-0.2, 0) is 9.53 Å². The van der Waals surface area contributed by atoms with Crippen LogP contribution in [-0.4, -0.2) is 12.6 Å². The fourth-order valence-electron chi connectivity index (χ4n) is 1.83. The summed E-state index contributed by atoms with van der Waals surface area (Å²) < 4.78 is 5.13. The molecule has 1 aromatic carbocycles. The van der Waals surface area contributed by atoms with Crippen molar-refractivity contribution < 1.29 is 9.53 Å². The average Bonchev–Trinajstić information content (AvgIpc) is 3.07. The van der Waals surface area contributed by atoms with E-state index in [1.807, 2.05) is 25.1 Å². The Morgan fingerprint density at radius 3 is 2.80 bits per heavy atom. The predicted molar refractivity (Wildman–Crippen MR) is 58.5 cm³/mol. The van der Waals surface area contributed by atoms with Crippen LogP contribution < -0.4 is 0 Å². The SMILES string of the molecule is CCCOC(=O)[C@@H]1C[C@@H]1c1ccccc1. The third-order valence-electron chi connectivity index (χ3n) is 2.77. The first-order chi connectivity index (χ1) is 7.33. The second kappa shape index (κ2) is 4.47. The van der Waals surface area contributed by atoms with E-state index in [9.17, 15) is 4.79 Å². The van der Waals surface area contributed by atoms with Gasteiger partial charge in [-0.15, -0.1) is 0 Å². The second-order valence-electron chi connectivity index (χ2n) is 4.03. The normalized spacial score (nSPS) is 23.5. The quantitative estimate of drug-likeness (QED) is 0.705. The molecular formula is C13H16O2. The summed E-state index contributed by atoms with van der Waals surface area (Å²) in [6, 6.07) is 10.2. The molecule has 80 valence electrons. The molecule has 1 aromatic rings. The minimum atomic E-state index is -0.0225. The smallest absolute Gasteiger partial charge is 0.309 e. The first-order valence-electron chi connectivity index (χ1n) is 5.54. The summed E-state index contributed by atoms with van der Waals surface area (Å²) in [5.74, 6) is 0.486. The Kier molecular flexibility index (Phi) is 3.05. The van der Waals surface area contributed by atoms with Crippen LogP contribution in [0.15, 0.2) is 30.3 Å². The molecule has 0 N–H and O–H groups in total. The summed E-state index contributed by atoms with van der Waals surface area (Å²) in [6.45, 7) is 2.56. The molecule has 1 fully saturated rings. The molecule has 0 aliphatic heterocycles. The molecule has 2 heteroatoms. The lowest BCUT2D eigenvalue weighted by atomic mass is 10.1. The number of hydrogen-bond donors (Lipinski definition) is 0. The van der Waals surface area contributed by atoms with Crippen LogP contribution in [0.25, 0.3) is 0 Å². The third-order valence-corrected chi connectivity index (χ3v) is 2.77. The zero-order valence-corrected chi connectivity index (χ0v) is 8.98. The van der Waals surface area contributed by atoms with Crippen LogP contribution in [0.5, 0.6) is 0 Å². The van der Waals surface area contributed by atoms with Gasteiger partial charge in [0.1, 0.15) is 0 Å². The fraction of sp³-hybridized carbons (Fsp3) is 0.462. The van der Waals surface area contributed by atoms with Gasteiger partial charge in [-0.3, -0.25) is 4.79 Å². The maximum absolute atomic E-state index is 11.5. The van der Waals surface area contributed by atoms with Gasteiger partial charge in [0.2, 0.25) is 0 Å². The molecule has 0 radical (unpaired) electrons. The van der Waals surface area contributed by atoms with Crippen molar-refractivity contribution in [2.75, 3.05) is 6.61 Å². The van der Waals surface area contributed by atoms with Gasteiger partial charge in [-0.05, 0) is 24.3 Å². The van der Waals surface area contributed by atoms with E-state index in [1.54, 1.807) is 0 Å². The van der Waals surface area contributed by atoms with E-state index in [0.29, 0.717) is 12.5 Å². The van der Waals surface area contributed by atoms with Crippen molar-refractivity contribution in [2.45, 2.75) is 25.7 Å². The summed E-state index contributed by atoms with van der Waals surface area (Å²) >= 11 is 0. The van der Waals surface area contributed by atoms with Gasteiger partial charge < -0.3 is 4.74 Å². The van der Waals surface area contributed by atoms with Gasteiger partial charge in [0.05, 0.1) is 12.5 Å². The highest BCUT2D eigenvalue weighted by Gasteiger charge is 2.44. The fourth-order valence-corrected chi connectivity index (χ4v) is 1.83. The van der Waals surface area contributed by atoms with Crippen LogP contribution >= 0.6 is 0 Å². The summed E-state index contributed by atoms with van der Waals surface area (Å²) in [5.41, 5.74) is 1.26. The molecule has 15 heavy (non-hydrogen) atoms. The number of rotatable bonds is 4. The zero-order valence-electron chi connectivity index (χ0n) is 8.98. The van der Waals surface area contributed by atoms with Crippen molar-refractivity contribution in [3.05, 3.63) is 35.9 Å². The third kappa shape index (κ3) is 2.38. The highest BCUT2D eigenvalue weighted by atomic mass is 16.5. The van der Waals surface area contributed by atoms with Crippen molar-refractivity contribution >= 4 is 5.97 Å². The second-order valence-corrected chi connectivity index (χ2v) is 4.03. The molecule has 0 saturated heterocycles. The summed E-state index contributed by atoms with van der Waals surface area (Å²) in [5, 5.41) is 0. The first-order valence-corrected chi connectivity index (χ1v) is 5.54. The molecule has 0 heterocycles. The number of carbonyl (C=O) groups excluding carboxylic acids is 1. The zero-order chi connectivity index (χ0) is 10.7. The Labute approximate surface area is 90.3 Å². The van der Waals surface area contributed by atoms with Crippen molar-refractivity contribution in [3.63, 3.8) is 0 Å². The molecular weight excluding hydrogens is 188 g/mol. The number of ether oxygens (including phenoxy) is 1. The van der Waals surface area contributed by atoms with Crippen LogP contribution in [0.4, 0.5) is 0 Å². The van der Waals surface area contributed by atoms with Gasteiger partial charge in [0.25, 0.3) is 0 Å². The van der Waals surface area contributed by atoms with Crippen molar-refractivity contribution in [1.82, 2.24) is 0 Å². The van der Waals surface area contributed by atoms with E-state index in [1.165, 1.54) is 5.56 Å². The first kappa shape index (κ1) is 10.2. The van der Waals surface area contributed by atoms with E-state index in [4.69, 9.17) is 4.74 Å². The van der Waals surface area contributed by atoms with Gasteiger partial charge in [-0.25, -0.2) is 0 Å². The molecule has 0 aromatic heterocycles. The van der Waals surface area contributed by atoms with Crippen molar-refractivity contribution in [2.24, 2.45) is 5.92 Å². The van der Waals surface area contributed by atoms with Gasteiger partial charge in [-0.2, -0.15) is 0 Å². The molecule has 0 bridgehead atoms.